The number of benzene rings is 2. The Hall–Kier alpha value is -1.61. The summed E-state index contributed by atoms with van der Waals surface area (Å²) in [6, 6.07) is 17.6. The lowest BCUT2D eigenvalue weighted by Crippen LogP contribution is -2.08. The number of hydrogen-bond acceptors (Lipinski definition) is 2. The highest BCUT2D eigenvalue weighted by Gasteiger charge is 2.17. The Morgan fingerprint density at radius 1 is 0.833 bits per heavy atom. The third-order valence-electron chi connectivity index (χ3n) is 2.95. The van der Waals surface area contributed by atoms with Gasteiger partial charge in [0.2, 0.25) is 0 Å². The molecule has 0 unspecified atom stereocenters. The molecule has 2 aromatic carbocycles. The molecule has 0 N–H and O–H groups in total. The summed E-state index contributed by atoms with van der Waals surface area (Å²) in [6.07, 6.45) is 1.23. The molecule has 2 aromatic rings. The lowest BCUT2D eigenvalue weighted by molar-refractivity contribution is 0.603. The number of sulfone groups is 1. The van der Waals surface area contributed by atoms with Crippen LogP contribution in [-0.4, -0.2) is 14.7 Å². The minimum absolute atomic E-state index is 0.405. The van der Waals surface area contributed by atoms with Crippen LogP contribution in [0.4, 0.5) is 0 Å². The molecule has 0 bridgehead atoms. The minimum atomic E-state index is -3.12. The zero-order valence-corrected chi connectivity index (χ0v) is 11.2. The van der Waals surface area contributed by atoms with E-state index in [1.807, 2.05) is 54.6 Å². The fourth-order valence-corrected chi connectivity index (χ4v) is 2.31. The maximum atomic E-state index is 11.4. The lowest BCUT2D eigenvalue weighted by atomic mass is 10.0. The highest BCUT2D eigenvalue weighted by Crippen LogP contribution is 2.24. The van der Waals surface area contributed by atoms with Crippen LogP contribution in [0.3, 0.4) is 0 Å². The van der Waals surface area contributed by atoms with Gasteiger partial charge in [0.15, 0.2) is 9.84 Å². The standard InChI is InChI=1S/C15H15O2S/c1-12(18(2,16)17)13-8-10-15(11-9-13)14-6-4-3-5-7-14/h3-11H,1-2H3. The Kier molecular flexibility index (Phi) is 3.53. The van der Waals surface area contributed by atoms with Crippen LogP contribution >= 0.6 is 0 Å². The van der Waals surface area contributed by atoms with E-state index in [0.29, 0.717) is 5.25 Å². The molecule has 0 aromatic heterocycles. The van der Waals surface area contributed by atoms with Crippen LogP contribution in [-0.2, 0) is 9.84 Å². The van der Waals surface area contributed by atoms with Gasteiger partial charge in [0.25, 0.3) is 0 Å². The maximum absolute atomic E-state index is 11.4. The Labute approximate surface area is 108 Å². The first-order valence-electron chi connectivity index (χ1n) is 5.68. The summed E-state index contributed by atoms with van der Waals surface area (Å²) in [6.45, 7) is 1.63. The molecular weight excluding hydrogens is 244 g/mol. The number of rotatable bonds is 3. The summed E-state index contributed by atoms with van der Waals surface area (Å²) in [4.78, 5) is 0. The molecule has 0 atom stereocenters. The quantitative estimate of drug-likeness (QED) is 0.847. The van der Waals surface area contributed by atoms with Gasteiger partial charge in [-0.25, -0.2) is 8.42 Å². The van der Waals surface area contributed by atoms with Crippen LogP contribution in [0, 0.1) is 5.25 Å². The van der Waals surface area contributed by atoms with E-state index in [1.165, 1.54) is 6.26 Å². The zero-order valence-electron chi connectivity index (χ0n) is 10.4. The molecule has 0 aliphatic rings. The molecule has 0 heterocycles. The van der Waals surface area contributed by atoms with Gasteiger partial charge in [0.05, 0.1) is 0 Å². The zero-order chi connectivity index (χ0) is 13.2. The second kappa shape index (κ2) is 4.94. The highest BCUT2D eigenvalue weighted by molar-refractivity contribution is 7.93. The van der Waals surface area contributed by atoms with E-state index in [0.717, 1.165) is 16.7 Å². The van der Waals surface area contributed by atoms with Gasteiger partial charge in [0.1, 0.15) is 5.25 Å². The van der Waals surface area contributed by atoms with Crippen molar-refractivity contribution in [3.8, 4) is 11.1 Å². The van der Waals surface area contributed by atoms with Crippen molar-refractivity contribution in [2.45, 2.75) is 6.92 Å². The molecule has 3 heteroatoms. The Morgan fingerprint density at radius 2 is 1.33 bits per heavy atom. The van der Waals surface area contributed by atoms with Crippen molar-refractivity contribution < 1.29 is 8.42 Å². The molecule has 0 saturated carbocycles. The van der Waals surface area contributed by atoms with Gasteiger partial charge in [-0.1, -0.05) is 54.6 Å². The molecule has 0 saturated heterocycles. The fourth-order valence-electron chi connectivity index (χ4n) is 1.74. The van der Waals surface area contributed by atoms with Crippen LogP contribution in [0.2, 0.25) is 0 Å². The summed E-state index contributed by atoms with van der Waals surface area (Å²) in [7, 11) is -3.12. The molecule has 0 spiro atoms. The van der Waals surface area contributed by atoms with Gasteiger partial charge < -0.3 is 0 Å². The van der Waals surface area contributed by atoms with Crippen molar-refractivity contribution in [3.05, 3.63) is 65.4 Å². The highest BCUT2D eigenvalue weighted by atomic mass is 32.2. The largest absolute Gasteiger partial charge is 0.228 e. The van der Waals surface area contributed by atoms with E-state index in [1.54, 1.807) is 6.92 Å². The molecule has 2 nitrogen and oxygen atoms in total. The van der Waals surface area contributed by atoms with Crippen molar-refractivity contribution in [1.29, 1.82) is 0 Å². The smallest absolute Gasteiger partial charge is 0.158 e. The first-order chi connectivity index (χ1) is 8.48. The normalized spacial score (nSPS) is 11.7. The van der Waals surface area contributed by atoms with Gasteiger partial charge in [-0.2, -0.15) is 0 Å². The van der Waals surface area contributed by atoms with Gasteiger partial charge in [-0.15, -0.1) is 0 Å². The summed E-state index contributed by atoms with van der Waals surface area (Å²) >= 11 is 0. The third kappa shape index (κ3) is 2.79. The summed E-state index contributed by atoms with van der Waals surface area (Å²) in [5.74, 6) is 0. The molecule has 1 radical (unpaired) electrons. The summed E-state index contributed by atoms with van der Waals surface area (Å²) < 4.78 is 22.9. The average Bonchev–Trinajstić information content (AvgIpc) is 2.38. The van der Waals surface area contributed by atoms with Crippen LogP contribution in [0.15, 0.2) is 54.6 Å². The van der Waals surface area contributed by atoms with E-state index in [9.17, 15) is 8.42 Å². The molecule has 0 aliphatic carbocycles. The molecule has 93 valence electrons. The second-order valence-corrected chi connectivity index (χ2v) is 6.43. The van der Waals surface area contributed by atoms with E-state index >= 15 is 0 Å². The topological polar surface area (TPSA) is 34.1 Å². The SMILES string of the molecule is C[C](c1ccc(-c2ccccc2)cc1)S(C)(=O)=O. The Morgan fingerprint density at radius 3 is 1.83 bits per heavy atom. The predicted octanol–water partition coefficient (Wildman–Crippen LogP) is 3.30. The summed E-state index contributed by atoms with van der Waals surface area (Å²) in [5.41, 5.74) is 2.96. The first-order valence-corrected chi connectivity index (χ1v) is 7.57. The van der Waals surface area contributed by atoms with Crippen LogP contribution < -0.4 is 0 Å². The summed E-state index contributed by atoms with van der Waals surface area (Å²) in [5, 5.41) is 0.405. The number of hydrogen-bond donors (Lipinski definition) is 0. The van der Waals surface area contributed by atoms with Crippen molar-refractivity contribution in [3.63, 3.8) is 0 Å². The van der Waals surface area contributed by atoms with Crippen LogP contribution in [0.5, 0.6) is 0 Å². The van der Waals surface area contributed by atoms with Crippen molar-refractivity contribution in [2.24, 2.45) is 0 Å². The van der Waals surface area contributed by atoms with Crippen LogP contribution in [0.25, 0.3) is 11.1 Å². The minimum Gasteiger partial charge on any atom is -0.228 e. The first kappa shape index (κ1) is 12.8. The van der Waals surface area contributed by atoms with Gasteiger partial charge in [0, 0.05) is 6.26 Å². The molecule has 0 amide bonds. The third-order valence-corrected chi connectivity index (χ3v) is 4.30. The van der Waals surface area contributed by atoms with Gasteiger partial charge in [-0.3, -0.25) is 0 Å². The lowest BCUT2D eigenvalue weighted by Gasteiger charge is -2.09. The van der Waals surface area contributed by atoms with E-state index in [4.69, 9.17) is 0 Å². The van der Waals surface area contributed by atoms with E-state index < -0.39 is 9.84 Å². The van der Waals surface area contributed by atoms with E-state index in [2.05, 4.69) is 0 Å². The molecule has 0 aliphatic heterocycles. The predicted molar refractivity (Wildman–Crippen MR) is 74.7 cm³/mol. The Bertz CT molecular complexity index is 613. The van der Waals surface area contributed by atoms with Gasteiger partial charge in [-0.05, 0) is 23.6 Å². The maximum Gasteiger partial charge on any atom is 0.158 e. The van der Waals surface area contributed by atoms with Crippen molar-refractivity contribution in [2.75, 3.05) is 6.26 Å². The van der Waals surface area contributed by atoms with Crippen molar-refractivity contribution in [1.82, 2.24) is 0 Å². The average molecular weight is 259 g/mol. The van der Waals surface area contributed by atoms with Crippen molar-refractivity contribution >= 4 is 9.84 Å². The monoisotopic (exact) mass is 259 g/mol. The molecule has 0 fully saturated rings. The Balaban J connectivity index is 2.32. The molecule has 2 rings (SSSR count). The van der Waals surface area contributed by atoms with Gasteiger partial charge >= 0.3 is 0 Å². The van der Waals surface area contributed by atoms with E-state index in [-0.39, 0.29) is 0 Å². The second-order valence-electron chi connectivity index (χ2n) is 4.27. The molecule has 18 heavy (non-hydrogen) atoms. The fraction of sp³-hybridized carbons (Fsp3) is 0.133. The molecular formula is C15H15O2S. The van der Waals surface area contributed by atoms with Crippen LogP contribution in [0.1, 0.15) is 12.5 Å².